The summed E-state index contributed by atoms with van der Waals surface area (Å²) in [5.41, 5.74) is -5.48. The Balaban J connectivity index is -0.0000000916. The van der Waals surface area contributed by atoms with Crippen molar-refractivity contribution in [3.05, 3.63) is 0 Å². The van der Waals surface area contributed by atoms with E-state index >= 15 is 0 Å². The summed E-state index contributed by atoms with van der Waals surface area (Å²) in [7, 11) is 0. The van der Waals surface area contributed by atoms with Crippen molar-refractivity contribution in [2.75, 3.05) is 0 Å². The van der Waals surface area contributed by atoms with Crippen molar-refractivity contribution in [2.45, 2.75) is 43.8 Å². The van der Waals surface area contributed by atoms with Crippen LogP contribution in [-0.2, 0) is 38.4 Å². The second-order valence-corrected chi connectivity index (χ2v) is 5.82. The molecule has 35 heavy (non-hydrogen) atoms. The van der Waals surface area contributed by atoms with Crippen LogP contribution in [0.1, 0.15) is 32.6 Å². The summed E-state index contributed by atoms with van der Waals surface area (Å²) < 4.78 is 0. The number of aliphatic carboxylic acids is 7. The monoisotopic (exact) mass is 594 g/mol. The Hall–Kier alpha value is -0.341. The average Bonchev–Trinajstić information content (AvgIpc) is 2.52. The van der Waals surface area contributed by atoms with E-state index in [4.69, 9.17) is 46.0 Å². The largest absolute Gasteiger partial charge is 0 e. The van der Waals surface area contributed by atoms with E-state index in [0.29, 0.717) is 0 Å². The van der Waals surface area contributed by atoms with Crippen LogP contribution < -0.4 is 0 Å². The fourth-order valence-corrected chi connectivity index (χ4v) is 1.43. The first-order valence-corrected chi connectivity index (χ1v) is 7.72. The van der Waals surface area contributed by atoms with E-state index in [2.05, 4.69) is 0 Å². The Kier molecular flexibility index (Phi) is 31.2. The number of carbonyl (C=O) groups excluding carboxylic acids is 1. The van der Waals surface area contributed by atoms with Crippen molar-refractivity contribution in [3.63, 3.8) is 0 Å². The molecule has 0 aromatic carbocycles. The molecule has 0 atom stereocenters. The van der Waals surface area contributed by atoms with Gasteiger partial charge in [-0.2, -0.15) is 0 Å². The summed E-state index contributed by atoms with van der Waals surface area (Å²) in [5, 5.41) is 75.3. The van der Waals surface area contributed by atoms with E-state index in [9.17, 15) is 38.4 Å². The summed E-state index contributed by atoms with van der Waals surface area (Å²) in [4.78, 5) is 79.9. The van der Waals surface area contributed by atoms with Crippen molar-refractivity contribution < 1.29 is 84.3 Å². The Morgan fingerprint density at radius 3 is 0.714 bits per heavy atom. The number of carboxylic acids is 7. The van der Waals surface area contributed by atoms with Gasteiger partial charge in [-0.05, 0) is 0 Å². The number of hydrogen-bond donors (Lipinski definition) is 9. The molecule has 0 saturated heterocycles. The van der Waals surface area contributed by atoms with E-state index in [1.165, 1.54) is 0 Å². The number of hydrogen-bond acceptors (Lipinski definition) is 10. The molecule has 190 valence electrons. The molecule has 9 N–H and O–H groups in total. The molecule has 0 amide bonds. The molecule has 0 bridgehead atoms. The number of carboxylic acid groups (broad SMARTS) is 7. The molecule has 17 nitrogen and oxygen atoms in total. The first kappa shape index (κ1) is 47.8. The molecule has 0 aliphatic heterocycles. The zero-order valence-electron chi connectivity index (χ0n) is 17.5. The molecule has 0 unspecified atom stereocenters. The molecule has 0 heterocycles. The maximum absolute atomic E-state index is 10.3. The zero-order valence-corrected chi connectivity index (χ0v) is 22.0. The molecule has 0 rings (SSSR count). The summed E-state index contributed by atoms with van der Waals surface area (Å²) in [6, 6.07) is 0. The number of ketones is 1. The van der Waals surface area contributed by atoms with Gasteiger partial charge in [0.05, 0.1) is 25.7 Å². The van der Waals surface area contributed by atoms with Crippen LogP contribution in [0.25, 0.3) is 0 Å². The van der Waals surface area contributed by atoms with Crippen molar-refractivity contribution in [1.82, 2.24) is 0 Å². The number of carbonyl (C=O) groups is 8. The van der Waals surface area contributed by atoms with Gasteiger partial charge in [0.1, 0.15) is 0 Å². The molecule has 0 aliphatic carbocycles. The van der Waals surface area contributed by atoms with Gasteiger partial charge in [-0.25, -0.2) is 14.4 Å². The molecule has 0 spiro atoms. The van der Waals surface area contributed by atoms with Gasteiger partial charge < -0.3 is 46.0 Å². The quantitative estimate of drug-likeness (QED) is 0.0803. The number of aliphatic hydroxyl groups is 2. The smallest absolute Gasteiger partial charge is 0 e. The van der Waals surface area contributed by atoms with Gasteiger partial charge >= 0.3 is 79.5 Å². The van der Waals surface area contributed by atoms with Crippen LogP contribution in [0.15, 0.2) is 0 Å². The number of Topliss-reactive ketones (excluding diaryl/α,β-unsaturated/α-hetero) is 1. The predicted octanol–water partition coefficient (Wildman–Crippen LogP) is -4.51. The van der Waals surface area contributed by atoms with E-state index < -0.39 is 84.5 Å². The topological polar surface area (TPSA) is 319 Å². The first-order valence-electron chi connectivity index (χ1n) is 7.72. The molecular formula is C15H22Ca3O17. The third kappa shape index (κ3) is 26.5. The van der Waals surface area contributed by atoms with Crippen LogP contribution in [0.2, 0.25) is 0 Å². The van der Waals surface area contributed by atoms with Gasteiger partial charge in [0.2, 0.25) is 5.78 Å². The standard InChI is InChI=1S/2C6H8O7.C3H4O3.3Ca.2H/c2*7-3(8)1-6(13,5(11)12)2-4(9)10;1-2(4)3(5)6;;;;;/h2*13H,1-2H2,(H,7,8)(H,9,10)(H,11,12);1H3,(H,5,6);;;;;. The Labute approximate surface area is 285 Å². The maximum atomic E-state index is 10.3. The van der Waals surface area contributed by atoms with Crippen molar-refractivity contribution in [3.8, 4) is 0 Å². The molecule has 0 aromatic heterocycles. The van der Waals surface area contributed by atoms with Gasteiger partial charge in [-0.3, -0.25) is 24.0 Å². The number of rotatable bonds is 11. The van der Waals surface area contributed by atoms with Gasteiger partial charge in [0.25, 0.3) is 0 Å². The summed E-state index contributed by atoms with van der Waals surface area (Å²) in [6.07, 6.45) is -4.58. The Bertz CT molecular complexity index is 683. The van der Waals surface area contributed by atoms with Crippen LogP contribution in [0.5, 0.6) is 0 Å². The molecule has 4 radical (unpaired) electrons. The summed E-state index contributed by atoms with van der Waals surface area (Å²) in [6.45, 7) is 1.00. The molecule has 20 heteroatoms. The van der Waals surface area contributed by atoms with Crippen molar-refractivity contribution in [2.24, 2.45) is 0 Å². The van der Waals surface area contributed by atoms with E-state index in [1.807, 2.05) is 0 Å². The SMILES string of the molecule is CC(=O)C(=O)O.O=C(O)CC(O)(CC(=O)O)C(=O)O.O=C(O)CC(O)(CC(=O)O)C(=O)O.[CaH2].[Ca].[Ca]. The second-order valence-electron chi connectivity index (χ2n) is 5.82. The van der Waals surface area contributed by atoms with E-state index in [1.54, 1.807) is 0 Å². The van der Waals surface area contributed by atoms with Crippen LogP contribution in [0.3, 0.4) is 0 Å². The van der Waals surface area contributed by atoms with Crippen LogP contribution >= 0.6 is 0 Å². The zero-order chi connectivity index (χ0) is 26.4. The first-order chi connectivity index (χ1) is 14.2. The molecule has 0 saturated carbocycles. The minimum absolute atomic E-state index is 0. The molecular weight excluding hydrogens is 572 g/mol. The minimum Gasteiger partial charge on any atom is 0 e. The van der Waals surface area contributed by atoms with Gasteiger partial charge in [-0.15, -0.1) is 0 Å². The van der Waals surface area contributed by atoms with Gasteiger partial charge in [0, 0.05) is 82.4 Å². The fraction of sp³-hybridized carbons (Fsp3) is 0.467. The van der Waals surface area contributed by atoms with Crippen molar-refractivity contribution in [1.29, 1.82) is 0 Å². The molecule has 0 fully saturated rings. The fourth-order valence-electron chi connectivity index (χ4n) is 1.43. The summed E-state index contributed by atoms with van der Waals surface area (Å²) >= 11 is 0. The van der Waals surface area contributed by atoms with E-state index in [-0.39, 0.29) is 113 Å². The van der Waals surface area contributed by atoms with E-state index in [0.717, 1.165) is 6.92 Å². The van der Waals surface area contributed by atoms with Crippen LogP contribution in [0.4, 0.5) is 0 Å². The maximum Gasteiger partial charge on any atom is 0 e. The Morgan fingerprint density at radius 2 is 0.657 bits per heavy atom. The van der Waals surface area contributed by atoms with Gasteiger partial charge in [-0.1, -0.05) is 0 Å². The minimum atomic E-state index is -2.74. The van der Waals surface area contributed by atoms with Gasteiger partial charge in [0.15, 0.2) is 11.2 Å². The predicted molar refractivity (Wildman–Crippen MR) is 113 cm³/mol. The summed E-state index contributed by atoms with van der Waals surface area (Å²) in [5.74, 6) is -12.2. The molecule has 0 aromatic rings. The Morgan fingerprint density at radius 1 is 0.514 bits per heavy atom. The third-order valence-corrected chi connectivity index (χ3v) is 2.87. The van der Waals surface area contributed by atoms with Crippen LogP contribution in [0, 0.1) is 0 Å². The third-order valence-electron chi connectivity index (χ3n) is 2.87. The van der Waals surface area contributed by atoms with Crippen molar-refractivity contribution >= 4 is 161 Å². The van der Waals surface area contributed by atoms with Crippen LogP contribution in [-0.4, -0.2) is 218 Å². The molecule has 0 aliphatic rings. The normalized spacial score (nSPS) is 9.34. The average molecular weight is 595 g/mol. The second kappa shape index (κ2) is 22.8.